The number of methoxy groups -OCH3 is 1. The van der Waals surface area contributed by atoms with Gasteiger partial charge < -0.3 is 19.4 Å². The number of nitrogens with zero attached hydrogens (tertiary/aromatic N) is 2. The third-order valence-corrected chi connectivity index (χ3v) is 7.49. The van der Waals surface area contributed by atoms with E-state index in [4.69, 9.17) is 9.47 Å². The number of nitrogens with one attached hydrogen (secondary N) is 1. The van der Waals surface area contributed by atoms with Gasteiger partial charge in [0.2, 0.25) is 0 Å². The van der Waals surface area contributed by atoms with E-state index in [1.165, 1.54) is 12.3 Å². The molecule has 0 saturated carbocycles. The summed E-state index contributed by atoms with van der Waals surface area (Å²) in [7, 11) is 3.42. The number of hydrogen-bond donors (Lipinski definition) is 1. The number of aromatic nitrogens is 2. The van der Waals surface area contributed by atoms with Crippen molar-refractivity contribution < 1.29 is 14.3 Å². The van der Waals surface area contributed by atoms with Crippen LogP contribution in [-0.4, -0.2) is 40.3 Å². The molecule has 0 saturated heterocycles. The highest BCUT2D eigenvalue weighted by molar-refractivity contribution is 5.77. The maximum atomic E-state index is 12.9. The zero-order valence-electron chi connectivity index (χ0n) is 24.4. The first-order chi connectivity index (χ1) is 18.1. The summed E-state index contributed by atoms with van der Waals surface area (Å²) in [5.74, 6) is 0.693. The van der Waals surface area contributed by atoms with Gasteiger partial charge in [0.05, 0.1) is 18.3 Å². The second kappa shape index (κ2) is 9.74. The lowest BCUT2D eigenvalue weighted by Gasteiger charge is -2.37. The molecule has 8 nitrogen and oxygen atoms in total. The van der Waals surface area contributed by atoms with Crippen molar-refractivity contribution in [3.63, 3.8) is 0 Å². The summed E-state index contributed by atoms with van der Waals surface area (Å²) < 4.78 is 12.7. The number of benzene rings is 2. The van der Waals surface area contributed by atoms with Crippen LogP contribution in [-0.2, 0) is 22.1 Å². The topological polar surface area (TPSA) is 93.6 Å². The Morgan fingerprint density at radius 3 is 2.33 bits per heavy atom. The predicted molar refractivity (Wildman–Crippen MR) is 153 cm³/mol. The van der Waals surface area contributed by atoms with Crippen LogP contribution in [0.5, 0.6) is 5.75 Å². The lowest BCUT2D eigenvalue weighted by molar-refractivity contribution is 0.00742. The third-order valence-electron chi connectivity index (χ3n) is 7.49. The molecule has 1 aliphatic rings. The molecule has 1 atom stereocenters. The Morgan fingerprint density at radius 2 is 1.74 bits per heavy atom. The van der Waals surface area contributed by atoms with Crippen LogP contribution in [0, 0.1) is 0 Å². The van der Waals surface area contributed by atoms with Gasteiger partial charge in [-0.1, -0.05) is 39.0 Å². The fourth-order valence-corrected chi connectivity index (χ4v) is 5.29. The molecular formula is C31H39N3O5. The monoisotopic (exact) mass is 533 g/mol. The molecule has 0 bridgehead atoms. The van der Waals surface area contributed by atoms with E-state index >= 15 is 0 Å². The molecule has 1 heterocycles. The Hall–Kier alpha value is -3.81. The number of carbonyl (C=O) groups excluding carboxylic acids is 1. The SMILES string of the molecule is COc1c(-c2ccc3c(c2)CCC3(C)N(C)C(=O)OC(C)(C)C)cc(-n2c(=O)cc[nH]c2=O)cc1C(C)(C)C. The zero-order valence-corrected chi connectivity index (χ0v) is 24.4. The van der Waals surface area contributed by atoms with E-state index < -0.39 is 22.4 Å². The van der Waals surface area contributed by atoms with Gasteiger partial charge in [0, 0.05) is 30.4 Å². The number of aryl methyl sites for hydroxylation is 1. The molecule has 1 unspecified atom stereocenters. The number of fused-ring (bicyclic) bond motifs is 1. The Morgan fingerprint density at radius 1 is 1.05 bits per heavy atom. The van der Waals surface area contributed by atoms with E-state index in [2.05, 4.69) is 44.8 Å². The van der Waals surface area contributed by atoms with E-state index in [9.17, 15) is 14.4 Å². The molecule has 0 spiro atoms. The van der Waals surface area contributed by atoms with Crippen molar-refractivity contribution in [2.45, 2.75) is 77.9 Å². The number of ether oxygens (including phenoxy) is 2. The van der Waals surface area contributed by atoms with Gasteiger partial charge in [-0.15, -0.1) is 0 Å². The van der Waals surface area contributed by atoms with Crippen LogP contribution in [0.3, 0.4) is 0 Å². The summed E-state index contributed by atoms with van der Waals surface area (Å²) in [4.78, 5) is 42.6. The molecule has 1 amide bonds. The van der Waals surface area contributed by atoms with Crippen LogP contribution < -0.4 is 16.0 Å². The van der Waals surface area contributed by atoms with Crippen LogP contribution in [0.2, 0.25) is 0 Å². The van der Waals surface area contributed by atoms with Crippen LogP contribution in [0.4, 0.5) is 4.79 Å². The number of amides is 1. The summed E-state index contributed by atoms with van der Waals surface area (Å²) in [5.41, 5.74) is 2.90. The Balaban J connectivity index is 1.87. The van der Waals surface area contributed by atoms with Crippen LogP contribution in [0.25, 0.3) is 16.8 Å². The van der Waals surface area contributed by atoms with Gasteiger partial charge in [0.25, 0.3) is 5.56 Å². The van der Waals surface area contributed by atoms with Gasteiger partial charge in [-0.3, -0.25) is 4.79 Å². The summed E-state index contributed by atoms with van der Waals surface area (Å²) in [5, 5.41) is 0. The van der Waals surface area contributed by atoms with E-state index in [-0.39, 0.29) is 11.5 Å². The lowest BCUT2D eigenvalue weighted by atomic mass is 9.83. The number of hydrogen-bond acceptors (Lipinski definition) is 5. The van der Waals surface area contributed by atoms with Crippen LogP contribution in [0.1, 0.15) is 71.6 Å². The van der Waals surface area contributed by atoms with Gasteiger partial charge in [-0.2, -0.15) is 0 Å². The van der Waals surface area contributed by atoms with Gasteiger partial charge in [-0.25, -0.2) is 14.2 Å². The van der Waals surface area contributed by atoms with Crippen molar-refractivity contribution in [3.05, 3.63) is 80.1 Å². The molecular weight excluding hydrogens is 494 g/mol. The molecule has 0 aliphatic heterocycles. The van der Waals surface area contributed by atoms with Crippen molar-refractivity contribution in [2.75, 3.05) is 14.2 Å². The normalized spacial score (nSPS) is 17.1. The highest BCUT2D eigenvalue weighted by Crippen LogP contribution is 2.45. The molecule has 1 aliphatic carbocycles. The van der Waals surface area contributed by atoms with E-state index in [0.717, 1.165) is 45.2 Å². The van der Waals surface area contributed by atoms with Gasteiger partial charge in [-0.05, 0) is 74.8 Å². The minimum Gasteiger partial charge on any atom is -0.496 e. The summed E-state index contributed by atoms with van der Waals surface area (Å²) in [6.45, 7) is 13.8. The largest absolute Gasteiger partial charge is 0.496 e. The van der Waals surface area contributed by atoms with Gasteiger partial charge in [0.15, 0.2) is 0 Å². The molecule has 39 heavy (non-hydrogen) atoms. The molecule has 1 aromatic heterocycles. The van der Waals surface area contributed by atoms with Crippen molar-refractivity contribution in [3.8, 4) is 22.6 Å². The quantitative estimate of drug-likeness (QED) is 0.476. The fraction of sp³-hybridized carbons (Fsp3) is 0.452. The first kappa shape index (κ1) is 28.2. The molecule has 0 radical (unpaired) electrons. The van der Waals surface area contributed by atoms with Crippen molar-refractivity contribution >= 4 is 6.09 Å². The molecule has 1 N–H and O–H groups in total. The van der Waals surface area contributed by atoms with E-state index in [1.807, 2.05) is 39.0 Å². The Bertz CT molecular complexity index is 1510. The summed E-state index contributed by atoms with van der Waals surface area (Å²) >= 11 is 0. The van der Waals surface area contributed by atoms with Crippen LogP contribution in [0.15, 0.2) is 52.2 Å². The minimum absolute atomic E-state index is 0.327. The second-order valence-electron chi connectivity index (χ2n) is 12.5. The van der Waals surface area contributed by atoms with E-state index in [1.54, 1.807) is 19.1 Å². The number of rotatable bonds is 4. The average molecular weight is 534 g/mol. The lowest BCUT2D eigenvalue weighted by Crippen LogP contribution is -2.45. The molecule has 2 aromatic carbocycles. The molecule has 0 fully saturated rings. The first-order valence-electron chi connectivity index (χ1n) is 13.2. The number of H-pyrrole nitrogens is 1. The Labute approximate surface area is 229 Å². The van der Waals surface area contributed by atoms with Crippen molar-refractivity contribution in [1.29, 1.82) is 0 Å². The zero-order chi connectivity index (χ0) is 28.9. The second-order valence-corrected chi connectivity index (χ2v) is 12.5. The minimum atomic E-state index is -0.582. The standard InChI is InChI=1S/C31H39N3O5/c1-29(2,3)24-18-21(34-25(35)13-15-32-27(34)36)17-22(26(24)38-9)19-10-11-23-20(16-19)12-14-31(23,7)33(8)28(37)39-30(4,5)6/h10-11,13,15-18H,12,14H2,1-9H3,(H,32,36). The molecule has 4 rings (SSSR count). The molecule has 208 valence electrons. The van der Waals surface area contributed by atoms with E-state index in [0.29, 0.717) is 11.4 Å². The fourth-order valence-electron chi connectivity index (χ4n) is 5.29. The van der Waals surface area contributed by atoms with Gasteiger partial charge in [0.1, 0.15) is 11.4 Å². The molecule has 8 heteroatoms. The smallest absolute Gasteiger partial charge is 0.410 e. The summed E-state index contributed by atoms with van der Waals surface area (Å²) in [6, 6.07) is 11.2. The summed E-state index contributed by atoms with van der Waals surface area (Å²) in [6.07, 6.45) is 2.55. The molecule has 3 aromatic rings. The number of carbonyl (C=O) groups is 1. The van der Waals surface area contributed by atoms with Gasteiger partial charge >= 0.3 is 11.8 Å². The first-order valence-corrected chi connectivity index (χ1v) is 13.2. The third kappa shape index (κ3) is 5.24. The number of aromatic amines is 1. The van der Waals surface area contributed by atoms with Crippen molar-refractivity contribution in [2.24, 2.45) is 0 Å². The maximum absolute atomic E-state index is 12.9. The van der Waals surface area contributed by atoms with Crippen molar-refractivity contribution in [1.82, 2.24) is 14.5 Å². The average Bonchev–Trinajstić information content (AvgIpc) is 3.18. The Kier molecular flexibility index (Phi) is 7.04. The highest BCUT2D eigenvalue weighted by Gasteiger charge is 2.42. The highest BCUT2D eigenvalue weighted by atomic mass is 16.6. The predicted octanol–water partition coefficient (Wildman–Crippen LogP) is 5.53. The maximum Gasteiger partial charge on any atom is 0.410 e. The van der Waals surface area contributed by atoms with Crippen LogP contribution >= 0.6 is 0 Å².